The van der Waals surface area contributed by atoms with Crippen molar-refractivity contribution in [2.45, 2.75) is 6.54 Å². The quantitative estimate of drug-likeness (QED) is 0.364. The number of aromatic nitrogens is 2. The molecule has 0 radical (unpaired) electrons. The van der Waals surface area contributed by atoms with Crippen molar-refractivity contribution in [1.29, 1.82) is 0 Å². The number of anilines is 1. The predicted octanol–water partition coefficient (Wildman–Crippen LogP) is 6.64. The van der Waals surface area contributed by atoms with Crippen LogP contribution in [0.5, 0.6) is 0 Å². The van der Waals surface area contributed by atoms with Crippen LogP contribution in [-0.2, 0) is 6.54 Å². The molecule has 5 rings (SSSR count). The monoisotopic (exact) mass is 393 g/mol. The minimum absolute atomic E-state index is 0.704. The summed E-state index contributed by atoms with van der Waals surface area (Å²) in [4.78, 5) is 9.79. The van der Waals surface area contributed by atoms with Crippen molar-refractivity contribution in [3.63, 3.8) is 0 Å². The summed E-state index contributed by atoms with van der Waals surface area (Å²) < 4.78 is 1.26. The SMILES string of the molecule is c1ccc(CNc2ncc(-c3csc4ccccc34)nc2-c2ccccc2)cc1. The van der Waals surface area contributed by atoms with Gasteiger partial charge in [-0.3, -0.25) is 0 Å². The highest BCUT2D eigenvalue weighted by molar-refractivity contribution is 7.17. The van der Waals surface area contributed by atoms with Crippen LogP contribution >= 0.6 is 11.3 Å². The van der Waals surface area contributed by atoms with Gasteiger partial charge in [0.2, 0.25) is 0 Å². The van der Waals surface area contributed by atoms with Crippen LogP contribution in [0.25, 0.3) is 32.6 Å². The molecule has 5 aromatic rings. The van der Waals surface area contributed by atoms with Crippen LogP contribution in [0.3, 0.4) is 0 Å². The molecule has 2 aromatic heterocycles. The standard InChI is InChI=1S/C25H19N3S/c1-3-9-18(10-4-1)15-26-25-24(19-11-5-2-6-12-19)28-22(16-27-25)21-17-29-23-14-8-7-13-20(21)23/h1-14,16-17H,15H2,(H,26,27). The molecule has 0 saturated heterocycles. The highest BCUT2D eigenvalue weighted by Crippen LogP contribution is 2.35. The molecule has 0 unspecified atom stereocenters. The second-order valence-electron chi connectivity index (χ2n) is 6.80. The van der Waals surface area contributed by atoms with Gasteiger partial charge in [0.05, 0.1) is 11.9 Å². The molecular formula is C25H19N3S. The van der Waals surface area contributed by atoms with Crippen molar-refractivity contribution in [2.24, 2.45) is 0 Å². The highest BCUT2D eigenvalue weighted by Gasteiger charge is 2.13. The summed E-state index contributed by atoms with van der Waals surface area (Å²) >= 11 is 1.74. The molecule has 3 aromatic carbocycles. The molecule has 0 amide bonds. The number of hydrogen-bond donors (Lipinski definition) is 1. The van der Waals surface area contributed by atoms with Crippen molar-refractivity contribution in [1.82, 2.24) is 9.97 Å². The molecule has 140 valence electrons. The van der Waals surface area contributed by atoms with Crippen LogP contribution in [-0.4, -0.2) is 9.97 Å². The van der Waals surface area contributed by atoms with Crippen molar-refractivity contribution < 1.29 is 0 Å². The van der Waals surface area contributed by atoms with Crippen LogP contribution in [0.2, 0.25) is 0 Å². The van der Waals surface area contributed by atoms with Gasteiger partial charge in [0.15, 0.2) is 5.82 Å². The molecule has 1 N–H and O–H groups in total. The fourth-order valence-electron chi connectivity index (χ4n) is 3.40. The number of thiophene rings is 1. The van der Waals surface area contributed by atoms with E-state index in [1.54, 1.807) is 11.3 Å². The van der Waals surface area contributed by atoms with Crippen LogP contribution in [0.1, 0.15) is 5.56 Å². The van der Waals surface area contributed by atoms with Gasteiger partial charge in [-0.25, -0.2) is 9.97 Å². The number of rotatable bonds is 5. The van der Waals surface area contributed by atoms with Crippen molar-refractivity contribution in [3.8, 4) is 22.5 Å². The fraction of sp³-hybridized carbons (Fsp3) is 0.0400. The van der Waals surface area contributed by atoms with Gasteiger partial charge >= 0.3 is 0 Å². The zero-order valence-electron chi connectivity index (χ0n) is 15.7. The molecule has 0 aliphatic carbocycles. The average Bonchev–Trinajstić information content (AvgIpc) is 3.23. The van der Waals surface area contributed by atoms with E-state index in [0.717, 1.165) is 28.3 Å². The third kappa shape index (κ3) is 3.62. The van der Waals surface area contributed by atoms with Crippen LogP contribution in [0, 0.1) is 0 Å². The first kappa shape index (κ1) is 17.6. The average molecular weight is 394 g/mol. The lowest BCUT2D eigenvalue weighted by Gasteiger charge is -2.12. The summed E-state index contributed by atoms with van der Waals surface area (Å²) in [5, 5.41) is 6.85. The molecular weight excluding hydrogens is 374 g/mol. The van der Waals surface area contributed by atoms with Gasteiger partial charge in [0, 0.05) is 33.1 Å². The van der Waals surface area contributed by atoms with Gasteiger partial charge in [-0.1, -0.05) is 78.9 Å². The Morgan fingerprint density at radius 3 is 2.34 bits per heavy atom. The fourth-order valence-corrected chi connectivity index (χ4v) is 4.36. The number of benzene rings is 3. The molecule has 4 heteroatoms. The molecule has 29 heavy (non-hydrogen) atoms. The molecule has 0 atom stereocenters. The lowest BCUT2D eigenvalue weighted by atomic mass is 10.1. The molecule has 2 heterocycles. The third-order valence-corrected chi connectivity index (χ3v) is 5.84. The van der Waals surface area contributed by atoms with Gasteiger partial charge in [-0.15, -0.1) is 11.3 Å². The summed E-state index contributed by atoms with van der Waals surface area (Å²) in [7, 11) is 0. The number of fused-ring (bicyclic) bond motifs is 1. The van der Waals surface area contributed by atoms with E-state index < -0.39 is 0 Å². The van der Waals surface area contributed by atoms with Gasteiger partial charge in [-0.2, -0.15) is 0 Å². The molecule has 3 nitrogen and oxygen atoms in total. The molecule has 0 saturated carbocycles. The minimum Gasteiger partial charge on any atom is -0.364 e. The van der Waals surface area contributed by atoms with Gasteiger partial charge in [0.1, 0.15) is 5.69 Å². The van der Waals surface area contributed by atoms with E-state index in [-0.39, 0.29) is 0 Å². The zero-order chi connectivity index (χ0) is 19.5. The van der Waals surface area contributed by atoms with Crippen molar-refractivity contribution in [3.05, 3.63) is 102 Å². The second-order valence-corrected chi connectivity index (χ2v) is 7.71. The molecule has 0 fully saturated rings. The van der Waals surface area contributed by atoms with Gasteiger partial charge in [-0.05, 0) is 11.6 Å². The van der Waals surface area contributed by atoms with Gasteiger partial charge in [0.25, 0.3) is 0 Å². The van der Waals surface area contributed by atoms with E-state index in [2.05, 4.69) is 59.2 Å². The van der Waals surface area contributed by atoms with E-state index in [0.29, 0.717) is 6.54 Å². The maximum atomic E-state index is 5.03. The van der Waals surface area contributed by atoms with E-state index in [9.17, 15) is 0 Å². The lowest BCUT2D eigenvalue weighted by Crippen LogP contribution is -2.05. The normalized spacial score (nSPS) is 10.9. The van der Waals surface area contributed by atoms with Gasteiger partial charge < -0.3 is 5.32 Å². The highest BCUT2D eigenvalue weighted by atomic mass is 32.1. The number of nitrogens with zero attached hydrogens (tertiary/aromatic N) is 2. The maximum absolute atomic E-state index is 5.03. The summed E-state index contributed by atoms with van der Waals surface area (Å²) in [5.41, 5.74) is 5.16. The second kappa shape index (κ2) is 7.86. The topological polar surface area (TPSA) is 37.8 Å². The smallest absolute Gasteiger partial charge is 0.152 e. The van der Waals surface area contributed by atoms with Crippen molar-refractivity contribution in [2.75, 3.05) is 5.32 Å². The molecule has 0 aliphatic heterocycles. The summed E-state index contributed by atoms with van der Waals surface area (Å²) in [6.07, 6.45) is 1.87. The zero-order valence-corrected chi connectivity index (χ0v) is 16.6. The summed E-state index contributed by atoms with van der Waals surface area (Å²) in [6.45, 7) is 0.704. The molecule has 0 bridgehead atoms. The molecule has 0 spiro atoms. The summed E-state index contributed by atoms with van der Waals surface area (Å²) in [6, 6.07) is 29.0. The van der Waals surface area contributed by atoms with Crippen LogP contribution in [0.15, 0.2) is 96.5 Å². The Hall–Kier alpha value is -3.50. The number of nitrogens with one attached hydrogen (secondary N) is 1. The molecule has 0 aliphatic rings. The van der Waals surface area contributed by atoms with E-state index in [1.165, 1.54) is 15.6 Å². The summed E-state index contributed by atoms with van der Waals surface area (Å²) in [5.74, 6) is 0.795. The van der Waals surface area contributed by atoms with E-state index >= 15 is 0 Å². The Kier molecular flexibility index (Phi) is 4.76. The van der Waals surface area contributed by atoms with Crippen LogP contribution < -0.4 is 5.32 Å². The lowest BCUT2D eigenvalue weighted by molar-refractivity contribution is 1.09. The first-order valence-electron chi connectivity index (χ1n) is 9.55. The van der Waals surface area contributed by atoms with E-state index in [1.807, 2.05) is 42.6 Å². The predicted molar refractivity (Wildman–Crippen MR) is 122 cm³/mol. The number of hydrogen-bond acceptors (Lipinski definition) is 4. The van der Waals surface area contributed by atoms with E-state index in [4.69, 9.17) is 9.97 Å². The Morgan fingerprint density at radius 2 is 1.52 bits per heavy atom. The largest absolute Gasteiger partial charge is 0.364 e. The maximum Gasteiger partial charge on any atom is 0.152 e. The van der Waals surface area contributed by atoms with Crippen molar-refractivity contribution >= 4 is 27.2 Å². The van der Waals surface area contributed by atoms with Crippen LogP contribution in [0.4, 0.5) is 5.82 Å². The Labute approximate surface area is 173 Å². The Balaban J connectivity index is 1.57. The minimum atomic E-state index is 0.704. The first-order valence-corrected chi connectivity index (χ1v) is 10.4. The third-order valence-electron chi connectivity index (χ3n) is 4.88. The Morgan fingerprint density at radius 1 is 0.793 bits per heavy atom. The first-order chi connectivity index (χ1) is 14.4. The Bertz CT molecular complexity index is 1250.